The summed E-state index contributed by atoms with van der Waals surface area (Å²) in [6, 6.07) is 11.7. The van der Waals surface area contributed by atoms with Crippen molar-refractivity contribution in [2.45, 2.75) is 43.9 Å². The quantitative estimate of drug-likeness (QED) is 0.551. The number of halogens is 3. The van der Waals surface area contributed by atoms with Gasteiger partial charge < -0.3 is 20.5 Å². The lowest BCUT2D eigenvalue weighted by atomic mass is 9.98. The summed E-state index contributed by atoms with van der Waals surface area (Å²) in [5.41, 5.74) is 4.05. The van der Waals surface area contributed by atoms with Gasteiger partial charge in [0.1, 0.15) is 18.7 Å². The van der Waals surface area contributed by atoms with Crippen molar-refractivity contribution in [3.8, 4) is 11.1 Å². The summed E-state index contributed by atoms with van der Waals surface area (Å²) in [4.78, 5) is 34.9. The van der Waals surface area contributed by atoms with Crippen LogP contribution in [0, 0.1) is 0 Å². The molecule has 0 spiro atoms. The van der Waals surface area contributed by atoms with Crippen molar-refractivity contribution in [2.24, 2.45) is 0 Å². The van der Waals surface area contributed by atoms with Gasteiger partial charge >= 0.3 is 18.2 Å². The summed E-state index contributed by atoms with van der Waals surface area (Å²) in [5.74, 6) is -2.72. The first-order valence-corrected chi connectivity index (χ1v) is 10.3. The topological polar surface area (TPSA) is 105 Å². The van der Waals surface area contributed by atoms with Gasteiger partial charge in [-0.2, -0.15) is 13.2 Å². The van der Waals surface area contributed by atoms with Crippen LogP contribution in [0.25, 0.3) is 11.1 Å². The summed E-state index contributed by atoms with van der Waals surface area (Å²) in [6.45, 7) is 1.19. The van der Waals surface area contributed by atoms with Gasteiger partial charge in [0.25, 0.3) is 0 Å². The lowest BCUT2D eigenvalue weighted by molar-refractivity contribution is -0.165. The fourth-order valence-electron chi connectivity index (χ4n) is 3.76. The number of fused-ring (bicyclic) bond motifs is 3. The van der Waals surface area contributed by atoms with Crippen LogP contribution >= 0.6 is 0 Å². The van der Waals surface area contributed by atoms with E-state index in [4.69, 9.17) is 9.84 Å². The van der Waals surface area contributed by atoms with Gasteiger partial charge in [0.2, 0.25) is 5.91 Å². The SMILES string of the molecule is C[C@@H](NC(=O)OCC1c2ccccc2-c2ccccc21)C(=O)N[C@@H](CCC(=O)O)C(F)(F)F. The Labute approximate surface area is 187 Å². The predicted molar refractivity (Wildman–Crippen MR) is 113 cm³/mol. The number of alkyl halides is 3. The zero-order valence-electron chi connectivity index (χ0n) is 17.7. The van der Waals surface area contributed by atoms with Crippen LogP contribution in [0.2, 0.25) is 0 Å². The molecule has 3 N–H and O–H groups in total. The fourth-order valence-corrected chi connectivity index (χ4v) is 3.76. The van der Waals surface area contributed by atoms with Crippen molar-refractivity contribution < 1.29 is 37.4 Å². The summed E-state index contributed by atoms with van der Waals surface area (Å²) in [6.07, 6.45) is -7.36. The van der Waals surface area contributed by atoms with E-state index in [1.165, 1.54) is 6.92 Å². The van der Waals surface area contributed by atoms with Gasteiger partial charge in [-0.3, -0.25) is 9.59 Å². The normalized spacial score (nSPS) is 14.5. The third-order valence-electron chi connectivity index (χ3n) is 5.43. The van der Waals surface area contributed by atoms with Gasteiger partial charge in [-0.15, -0.1) is 0 Å². The molecule has 0 aromatic heterocycles. The molecule has 0 radical (unpaired) electrons. The number of amides is 2. The van der Waals surface area contributed by atoms with Crippen molar-refractivity contribution in [1.29, 1.82) is 0 Å². The van der Waals surface area contributed by atoms with Gasteiger partial charge in [0.15, 0.2) is 0 Å². The molecule has 0 bridgehead atoms. The second-order valence-corrected chi connectivity index (χ2v) is 7.73. The predicted octanol–water partition coefficient (Wildman–Crippen LogP) is 3.83. The molecule has 176 valence electrons. The molecule has 0 fully saturated rings. The summed E-state index contributed by atoms with van der Waals surface area (Å²) >= 11 is 0. The van der Waals surface area contributed by atoms with Crippen LogP contribution in [0.1, 0.15) is 36.8 Å². The summed E-state index contributed by atoms with van der Waals surface area (Å²) in [7, 11) is 0. The number of aliphatic carboxylic acids is 1. The summed E-state index contributed by atoms with van der Waals surface area (Å²) < 4.78 is 44.5. The Morgan fingerprint density at radius 2 is 1.55 bits per heavy atom. The first kappa shape index (κ1) is 24.1. The van der Waals surface area contributed by atoms with Gasteiger partial charge in [0.05, 0.1) is 0 Å². The Balaban J connectivity index is 1.57. The van der Waals surface area contributed by atoms with Crippen LogP contribution < -0.4 is 10.6 Å². The molecule has 10 heteroatoms. The molecule has 3 rings (SSSR count). The van der Waals surface area contributed by atoms with Crippen molar-refractivity contribution in [2.75, 3.05) is 6.61 Å². The zero-order valence-corrected chi connectivity index (χ0v) is 17.7. The highest BCUT2D eigenvalue weighted by Crippen LogP contribution is 2.44. The lowest BCUT2D eigenvalue weighted by Gasteiger charge is -2.23. The highest BCUT2D eigenvalue weighted by atomic mass is 19.4. The van der Waals surface area contributed by atoms with Crippen LogP contribution in [0.4, 0.5) is 18.0 Å². The summed E-state index contributed by atoms with van der Waals surface area (Å²) in [5, 5.41) is 12.6. The number of ether oxygens (including phenoxy) is 1. The molecular weight excluding hydrogens is 441 g/mol. The maximum absolute atomic E-state index is 13.1. The minimum Gasteiger partial charge on any atom is -0.481 e. The first-order valence-electron chi connectivity index (χ1n) is 10.3. The molecule has 2 aromatic rings. The number of carbonyl (C=O) groups is 3. The number of hydrogen-bond acceptors (Lipinski definition) is 4. The van der Waals surface area contributed by atoms with E-state index in [1.54, 1.807) is 5.32 Å². The Kier molecular flexibility index (Phi) is 7.25. The number of carboxylic acid groups (broad SMARTS) is 1. The van der Waals surface area contributed by atoms with Crippen molar-refractivity contribution in [3.63, 3.8) is 0 Å². The van der Waals surface area contributed by atoms with Crippen molar-refractivity contribution in [1.82, 2.24) is 10.6 Å². The minimum absolute atomic E-state index is 0.0159. The first-order chi connectivity index (χ1) is 15.6. The monoisotopic (exact) mass is 464 g/mol. The molecule has 1 aliphatic carbocycles. The number of carbonyl (C=O) groups excluding carboxylic acids is 2. The van der Waals surface area contributed by atoms with Crippen LogP contribution in [0.5, 0.6) is 0 Å². The molecule has 0 saturated carbocycles. The van der Waals surface area contributed by atoms with Gasteiger partial charge in [-0.25, -0.2) is 4.79 Å². The number of carboxylic acids is 1. The standard InChI is InChI=1S/C23H23F3N2O5/c1-13(21(31)28-19(23(24,25)26)10-11-20(29)30)27-22(32)33-12-18-16-8-4-2-6-14(16)15-7-3-5-9-17(15)18/h2-9,13,18-19H,10-12H2,1H3,(H,27,32)(H,28,31)(H,29,30)/t13-,19+/m1/s1. The maximum atomic E-state index is 13.1. The molecule has 1 aliphatic rings. The average Bonchev–Trinajstić information content (AvgIpc) is 3.07. The van der Waals surface area contributed by atoms with Crippen molar-refractivity contribution >= 4 is 18.0 Å². The van der Waals surface area contributed by atoms with Crippen LogP contribution in [0.15, 0.2) is 48.5 Å². The van der Waals surface area contributed by atoms with E-state index in [9.17, 15) is 27.6 Å². The molecule has 0 aliphatic heterocycles. The smallest absolute Gasteiger partial charge is 0.408 e. The van der Waals surface area contributed by atoms with E-state index in [1.807, 2.05) is 48.5 Å². The molecule has 2 aromatic carbocycles. The number of rotatable bonds is 8. The third kappa shape index (κ3) is 5.82. The molecule has 0 heterocycles. The number of hydrogen-bond donors (Lipinski definition) is 3. The van der Waals surface area contributed by atoms with Crippen LogP contribution in [0.3, 0.4) is 0 Å². The molecule has 7 nitrogen and oxygen atoms in total. The molecule has 33 heavy (non-hydrogen) atoms. The maximum Gasteiger partial charge on any atom is 0.408 e. The number of alkyl carbamates (subject to hydrolysis) is 1. The van der Waals surface area contributed by atoms with Crippen LogP contribution in [-0.4, -0.2) is 47.9 Å². The third-order valence-corrected chi connectivity index (χ3v) is 5.43. The average molecular weight is 464 g/mol. The highest BCUT2D eigenvalue weighted by molar-refractivity contribution is 5.85. The lowest BCUT2D eigenvalue weighted by Crippen LogP contribution is -2.52. The van der Waals surface area contributed by atoms with Crippen molar-refractivity contribution in [3.05, 3.63) is 59.7 Å². The molecule has 0 saturated heterocycles. The second-order valence-electron chi connectivity index (χ2n) is 7.73. The molecular formula is C23H23F3N2O5. The van der Waals surface area contributed by atoms with E-state index in [-0.39, 0.29) is 12.5 Å². The fraction of sp³-hybridized carbons (Fsp3) is 0.348. The molecule has 0 unspecified atom stereocenters. The van der Waals surface area contributed by atoms with E-state index in [0.29, 0.717) is 0 Å². The van der Waals surface area contributed by atoms with Gasteiger partial charge in [-0.1, -0.05) is 48.5 Å². The van der Waals surface area contributed by atoms with Gasteiger partial charge in [-0.05, 0) is 35.6 Å². The Bertz CT molecular complexity index is 995. The highest BCUT2D eigenvalue weighted by Gasteiger charge is 2.41. The minimum atomic E-state index is -4.82. The second kappa shape index (κ2) is 9.93. The Morgan fingerprint density at radius 1 is 1.00 bits per heavy atom. The van der Waals surface area contributed by atoms with Crippen LogP contribution in [-0.2, 0) is 14.3 Å². The van der Waals surface area contributed by atoms with E-state index in [0.717, 1.165) is 22.3 Å². The van der Waals surface area contributed by atoms with Gasteiger partial charge in [0, 0.05) is 12.3 Å². The number of nitrogens with one attached hydrogen (secondary N) is 2. The molecule has 2 atom stereocenters. The van der Waals surface area contributed by atoms with E-state index in [2.05, 4.69) is 5.32 Å². The van der Waals surface area contributed by atoms with E-state index >= 15 is 0 Å². The zero-order chi connectivity index (χ0) is 24.2. The Morgan fingerprint density at radius 3 is 2.06 bits per heavy atom. The van der Waals surface area contributed by atoms with E-state index < -0.39 is 49.1 Å². The largest absolute Gasteiger partial charge is 0.481 e. The molecule has 2 amide bonds. The Hall–Kier alpha value is -3.56. The number of benzene rings is 2.